The second-order valence-corrected chi connectivity index (χ2v) is 7.73. The molecule has 5 heteroatoms. The van der Waals surface area contributed by atoms with Crippen molar-refractivity contribution in [2.75, 3.05) is 24.3 Å². The highest BCUT2D eigenvalue weighted by atomic mass is 32.2. The van der Waals surface area contributed by atoms with Crippen molar-refractivity contribution < 1.29 is 8.42 Å². The van der Waals surface area contributed by atoms with Gasteiger partial charge in [-0.25, -0.2) is 8.42 Å². The predicted octanol–water partition coefficient (Wildman–Crippen LogP) is 2.32. The van der Waals surface area contributed by atoms with Crippen molar-refractivity contribution in [2.45, 2.75) is 24.8 Å². The first-order valence-electron chi connectivity index (χ1n) is 6.11. The molecule has 0 atom stereocenters. The molecule has 0 unspecified atom stereocenters. The van der Waals surface area contributed by atoms with Crippen LogP contribution in [0.3, 0.4) is 0 Å². The second kappa shape index (κ2) is 7.81. The van der Waals surface area contributed by atoms with Gasteiger partial charge in [0.2, 0.25) is 0 Å². The number of sulfone groups is 1. The minimum absolute atomic E-state index is 0.234. The van der Waals surface area contributed by atoms with Gasteiger partial charge in [0.05, 0.1) is 5.75 Å². The Morgan fingerprint density at radius 2 is 1.89 bits per heavy atom. The van der Waals surface area contributed by atoms with Gasteiger partial charge in [0.1, 0.15) is 9.84 Å². The van der Waals surface area contributed by atoms with Crippen molar-refractivity contribution in [3.63, 3.8) is 0 Å². The lowest BCUT2D eigenvalue weighted by Crippen LogP contribution is -2.13. The Balaban J connectivity index is 2.36. The normalized spacial score (nSPS) is 11.7. The van der Waals surface area contributed by atoms with E-state index < -0.39 is 9.84 Å². The third kappa shape index (κ3) is 7.03. The molecule has 0 aliphatic carbocycles. The molecule has 0 aromatic heterocycles. The molecule has 1 aromatic rings. The highest BCUT2D eigenvalue weighted by Gasteiger charge is 2.02. The summed E-state index contributed by atoms with van der Waals surface area (Å²) in [5.41, 5.74) is 1.26. The highest BCUT2D eigenvalue weighted by molar-refractivity contribution is 8.00. The zero-order chi connectivity index (χ0) is 13.4. The monoisotopic (exact) mass is 287 g/mol. The number of benzene rings is 1. The van der Waals surface area contributed by atoms with Gasteiger partial charge in [0.15, 0.2) is 0 Å². The molecule has 0 heterocycles. The van der Waals surface area contributed by atoms with Crippen LogP contribution >= 0.6 is 11.8 Å². The van der Waals surface area contributed by atoms with Crippen LogP contribution in [0.2, 0.25) is 0 Å². The summed E-state index contributed by atoms with van der Waals surface area (Å²) in [5.74, 6) is 0.851. The van der Waals surface area contributed by atoms with Gasteiger partial charge in [-0.05, 0) is 30.7 Å². The standard InChI is InChI=1S/C13H21NO2S2/c1-3-8-14-11-12-4-6-13(7-5-12)17-9-10-18(2,15)16/h4-7,14H,3,8-11H2,1-2H3. The minimum atomic E-state index is -2.85. The maximum Gasteiger partial charge on any atom is 0.148 e. The van der Waals surface area contributed by atoms with Gasteiger partial charge in [-0.15, -0.1) is 11.8 Å². The summed E-state index contributed by atoms with van der Waals surface area (Å²) in [7, 11) is -2.85. The number of rotatable bonds is 8. The van der Waals surface area contributed by atoms with E-state index in [2.05, 4.69) is 36.5 Å². The lowest BCUT2D eigenvalue weighted by molar-refractivity contribution is 0.603. The molecule has 0 aliphatic heterocycles. The van der Waals surface area contributed by atoms with Crippen LogP contribution in [0.5, 0.6) is 0 Å². The highest BCUT2D eigenvalue weighted by Crippen LogP contribution is 2.18. The molecule has 0 fully saturated rings. The van der Waals surface area contributed by atoms with Crippen LogP contribution in [-0.2, 0) is 16.4 Å². The number of thioether (sulfide) groups is 1. The van der Waals surface area contributed by atoms with Gasteiger partial charge >= 0.3 is 0 Å². The summed E-state index contributed by atoms with van der Waals surface area (Å²) >= 11 is 1.58. The fraction of sp³-hybridized carbons (Fsp3) is 0.538. The summed E-state index contributed by atoms with van der Waals surface area (Å²) < 4.78 is 22.0. The van der Waals surface area contributed by atoms with E-state index >= 15 is 0 Å². The van der Waals surface area contributed by atoms with Crippen LogP contribution in [0, 0.1) is 0 Å². The minimum Gasteiger partial charge on any atom is -0.313 e. The summed E-state index contributed by atoms with van der Waals surface area (Å²) in [6.45, 7) is 4.07. The van der Waals surface area contributed by atoms with Crippen LogP contribution < -0.4 is 5.32 Å². The third-order valence-electron chi connectivity index (χ3n) is 2.40. The Labute approximate surface area is 114 Å². The maximum atomic E-state index is 11.0. The Bertz CT molecular complexity index is 441. The number of nitrogens with one attached hydrogen (secondary N) is 1. The van der Waals surface area contributed by atoms with Crippen molar-refractivity contribution in [1.82, 2.24) is 5.32 Å². The van der Waals surface area contributed by atoms with Crippen molar-refractivity contribution in [3.05, 3.63) is 29.8 Å². The van der Waals surface area contributed by atoms with Crippen LogP contribution in [0.15, 0.2) is 29.2 Å². The quantitative estimate of drug-likeness (QED) is 0.589. The number of hydrogen-bond acceptors (Lipinski definition) is 4. The molecular formula is C13H21NO2S2. The van der Waals surface area contributed by atoms with Crippen molar-refractivity contribution in [3.8, 4) is 0 Å². The molecule has 1 rings (SSSR count). The summed E-state index contributed by atoms with van der Waals surface area (Å²) in [5, 5.41) is 3.35. The Morgan fingerprint density at radius 1 is 1.22 bits per heavy atom. The topological polar surface area (TPSA) is 46.2 Å². The van der Waals surface area contributed by atoms with E-state index in [1.54, 1.807) is 11.8 Å². The molecular weight excluding hydrogens is 266 g/mol. The van der Waals surface area contributed by atoms with Crippen LogP contribution in [0.25, 0.3) is 0 Å². The van der Waals surface area contributed by atoms with Gasteiger partial charge in [0.25, 0.3) is 0 Å². The molecule has 0 saturated carbocycles. The summed E-state index contributed by atoms with van der Waals surface area (Å²) in [4.78, 5) is 1.12. The molecule has 102 valence electrons. The Kier molecular flexibility index (Phi) is 6.75. The molecule has 0 amide bonds. The second-order valence-electron chi connectivity index (χ2n) is 4.30. The van der Waals surface area contributed by atoms with E-state index in [1.165, 1.54) is 11.8 Å². The zero-order valence-electron chi connectivity index (χ0n) is 11.0. The molecule has 0 bridgehead atoms. The molecule has 0 spiro atoms. The lowest BCUT2D eigenvalue weighted by atomic mass is 10.2. The van der Waals surface area contributed by atoms with E-state index in [4.69, 9.17) is 0 Å². The maximum absolute atomic E-state index is 11.0. The van der Waals surface area contributed by atoms with Crippen molar-refractivity contribution >= 4 is 21.6 Å². The first-order chi connectivity index (χ1) is 8.51. The molecule has 1 N–H and O–H groups in total. The fourth-order valence-corrected chi connectivity index (χ4v) is 3.53. The van der Waals surface area contributed by atoms with Gasteiger partial charge in [-0.1, -0.05) is 19.1 Å². The third-order valence-corrected chi connectivity index (χ3v) is 4.62. The van der Waals surface area contributed by atoms with E-state index in [-0.39, 0.29) is 5.75 Å². The van der Waals surface area contributed by atoms with Gasteiger partial charge in [-0.3, -0.25) is 0 Å². The Hall–Kier alpha value is -0.520. The predicted molar refractivity (Wildman–Crippen MR) is 78.9 cm³/mol. The van der Waals surface area contributed by atoms with E-state index in [0.717, 1.165) is 24.4 Å². The first-order valence-corrected chi connectivity index (χ1v) is 9.16. The molecule has 1 aromatic carbocycles. The van der Waals surface area contributed by atoms with Crippen LogP contribution in [0.1, 0.15) is 18.9 Å². The van der Waals surface area contributed by atoms with Crippen molar-refractivity contribution in [1.29, 1.82) is 0 Å². The average molecular weight is 287 g/mol. The average Bonchev–Trinajstić information content (AvgIpc) is 2.30. The van der Waals surface area contributed by atoms with Crippen molar-refractivity contribution in [2.24, 2.45) is 0 Å². The van der Waals surface area contributed by atoms with E-state index in [9.17, 15) is 8.42 Å². The van der Waals surface area contributed by atoms with Gasteiger partial charge in [-0.2, -0.15) is 0 Å². The van der Waals surface area contributed by atoms with E-state index in [1.807, 2.05) is 0 Å². The van der Waals surface area contributed by atoms with Crippen LogP contribution in [0.4, 0.5) is 0 Å². The lowest BCUT2D eigenvalue weighted by Gasteiger charge is -2.05. The van der Waals surface area contributed by atoms with Gasteiger partial charge in [0, 0.05) is 23.4 Å². The first kappa shape index (κ1) is 15.5. The molecule has 0 saturated heterocycles. The molecule has 18 heavy (non-hydrogen) atoms. The summed E-state index contributed by atoms with van der Waals surface area (Å²) in [6, 6.07) is 8.28. The smallest absolute Gasteiger partial charge is 0.148 e. The molecule has 0 radical (unpaired) electrons. The molecule has 0 aliphatic rings. The SMILES string of the molecule is CCCNCc1ccc(SCCS(C)(=O)=O)cc1. The largest absolute Gasteiger partial charge is 0.313 e. The number of hydrogen-bond donors (Lipinski definition) is 1. The zero-order valence-corrected chi connectivity index (χ0v) is 12.6. The summed E-state index contributed by atoms with van der Waals surface area (Å²) in [6.07, 6.45) is 2.41. The van der Waals surface area contributed by atoms with Gasteiger partial charge < -0.3 is 5.32 Å². The fourth-order valence-electron chi connectivity index (χ4n) is 1.42. The molecule has 3 nitrogen and oxygen atoms in total. The van der Waals surface area contributed by atoms with Crippen LogP contribution in [-0.4, -0.2) is 32.7 Å². The Morgan fingerprint density at radius 3 is 2.44 bits per heavy atom. The van der Waals surface area contributed by atoms with E-state index in [0.29, 0.717) is 5.75 Å².